The zero-order valence-corrected chi connectivity index (χ0v) is 21.0. The Bertz CT molecular complexity index is 1500. The lowest BCUT2D eigenvalue weighted by molar-refractivity contribution is 0.0332. The summed E-state index contributed by atoms with van der Waals surface area (Å²) in [6.45, 7) is 4.17. The average Bonchev–Trinajstić information content (AvgIpc) is 2.91. The number of aromatic nitrogens is 2. The third kappa shape index (κ3) is 5.00. The molecule has 0 unspecified atom stereocenters. The van der Waals surface area contributed by atoms with Gasteiger partial charge in [-0.2, -0.15) is 0 Å². The van der Waals surface area contributed by atoms with Crippen molar-refractivity contribution in [1.82, 2.24) is 14.9 Å². The number of aliphatic hydroxyl groups is 1. The summed E-state index contributed by atoms with van der Waals surface area (Å²) in [5.74, 6) is -1.78. The Hall–Kier alpha value is -3.79. The Morgan fingerprint density at radius 3 is 2.50 bits per heavy atom. The molecule has 2 heterocycles. The summed E-state index contributed by atoms with van der Waals surface area (Å²) in [6.07, 6.45) is 1.91. The zero-order valence-electron chi connectivity index (χ0n) is 21.0. The molecule has 0 atom stereocenters. The van der Waals surface area contributed by atoms with E-state index in [4.69, 9.17) is 15.5 Å². The van der Waals surface area contributed by atoms with Crippen LogP contribution in [0.3, 0.4) is 0 Å². The monoisotopic (exact) mass is 518 g/mol. The second kappa shape index (κ2) is 10.9. The summed E-state index contributed by atoms with van der Waals surface area (Å²) in [4.78, 5) is 23.2. The van der Waals surface area contributed by atoms with E-state index in [1.165, 1.54) is 12.1 Å². The van der Waals surface area contributed by atoms with Crippen LogP contribution in [0.15, 0.2) is 48.7 Å². The van der Waals surface area contributed by atoms with Gasteiger partial charge in [0.25, 0.3) is 0 Å². The van der Waals surface area contributed by atoms with Crippen LogP contribution < -0.4 is 5.73 Å². The number of nitrogens with zero attached hydrogens (tertiary/aromatic N) is 3. The van der Waals surface area contributed by atoms with Gasteiger partial charge >= 0.3 is 0 Å². The molecule has 1 aromatic heterocycles. The van der Waals surface area contributed by atoms with Gasteiger partial charge in [-0.15, -0.1) is 0 Å². The third-order valence-electron chi connectivity index (χ3n) is 7.01. The molecule has 3 N–H and O–H groups in total. The highest BCUT2D eigenvalue weighted by atomic mass is 19.1. The molecule has 4 aromatic rings. The van der Waals surface area contributed by atoms with Crippen LogP contribution in [-0.2, 0) is 17.7 Å². The molecule has 0 aliphatic carbocycles. The molecule has 9 heteroatoms. The van der Waals surface area contributed by atoms with E-state index in [1.807, 2.05) is 4.90 Å². The van der Waals surface area contributed by atoms with Crippen molar-refractivity contribution in [2.45, 2.75) is 19.9 Å². The van der Waals surface area contributed by atoms with Gasteiger partial charge in [-0.3, -0.25) is 14.7 Å². The van der Waals surface area contributed by atoms with Gasteiger partial charge in [0.05, 0.1) is 36.1 Å². The summed E-state index contributed by atoms with van der Waals surface area (Å²) in [6, 6.07) is 11.3. The molecule has 1 aliphatic heterocycles. The lowest BCUT2D eigenvalue weighted by atomic mass is 9.93. The van der Waals surface area contributed by atoms with Crippen LogP contribution in [0.25, 0.3) is 33.4 Å². The number of hydrogen-bond acceptors (Lipinski definition) is 6. The molecule has 1 amide bonds. The number of nitrogens with two attached hydrogens (primary N) is 1. The van der Waals surface area contributed by atoms with Gasteiger partial charge < -0.3 is 15.6 Å². The Morgan fingerprint density at radius 1 is 1.08 bits per heavy atom. The first-order valence-corrected chi connectivity index (χ1v) is 12.4. The lowest BCUT2D eigenvalue weighted by Gasteiger charge is -2.27. The fraction of sp³-hybridized carbons (Fsp3) is 0.276. The predicted molar refractivity (Wildman–Crippen MR) is 140 cm³/mol. The van der Waals surface area contributed by atoms with Crippen LogP contribution in [0.1, 0.15) is 27.0 Å². The van der Waals surface area contributed by atoms with E-state index in [0.717, 1.165) is 5.56 Å². The Labute approximate surface area is 218 Å². The normalized spacial score (nSPS) is 14.2. The van der Waals surface area contributed by atoms with Crippen molar-refractivity contribution < 1.29 is 23.4 Å². The number of carbonyl (C=O) groups is 1. The summed E-state index contributed by atoms with van der Waals surface area (Å²) in [5.41, 5.74) is 10.5. The molecule has 1 fully saturated rings. The molecule has 0 bridgehead atoms. The van der Waals surface area contributed by atoms with Crippen LogP contribution in [0.5, 0.6) is 0 Å². The van der Waals surface area contributed by atoms with Crippen molar-refractivity contribution in [2.75, 3.05) is 32.9 Å². The van der Waals surface area contributed by atoms with Crippen molar-refractivity contribution in [3.8, 4) is 22.4 Å². The molecule has 7 nitrogen and oxygen atoms in total. The van der Waals surface area contributed by atoms with E-state index in [2.05, 4.69) is 4.98 Å². The molecular formula is C29H28F2N4O3. The number of amides is 1. The molecular weight excluding hydrogens is 490 g/mol. The third-order valence-corrected chi connectivity index (χ3v) is 7.01. The van der Waals surface area contributed by atoms with Gasteiger partial charge in [-0.05, 0) is 54.3 Å². The summed E-state index contributed by atoms with van der Waals surface area (Å²) in [5, 5.41) is 9.66. The van der Waals surface area contributed by atoms with E-state index in [1.54, 1.807) is 43.5 Å². The number of hydrogen-bond donors (Lipinski definition) is 2. The molecule has 196 valence electrons. The maximum Gasteiger partial charge on any atom is 0.248 e. The Morgan fingerprint density at radius 2 is 1.82 bits per heavy atom. The number of ether oxygens (including phenoxy) is 1. The van der Waals surface area contributed by atoms with Gasteiger partial charge in [-0.1, -0.05) is 18.2 Å². The predicted octanol–water partition coefficient (Wildman–Crippen LogP) is 4.02. The fourth-order valence-corrected chi connectivity index (χ4v) is 4.99. The van der Waals surface area contributed by atoms with Crippen LogP contribution in [0.2, 0.25) is 0 Å². The number of halogens is 2. The maximum absolute atomic E-state index is 15.2. The number of rotatable bonds is 7. The van der Waals surface area contributed by atoms with E-state index in [-0.39, 0.29) is 18.7 Å². The molecule has 0 spiro atoms. The number of para-hydroxylation sites is 1. The van der Waals surface area contributed by atoms with Crippen LogP contribution >= 0.6 is 0 Å². The first-order valence-electron chi connectivity index (χ1n) is 12.4. The number of aliphatic hydroxyl groups excluding tert-OH is 1. The molecule has 0 saturated carbocycles. The molecule has 5 rings (SSSR count). The van der Waals surface area contributed by atoms with Crippen molar-refractivity contribution in [3.63, 3.8) is 0 Å². The summed E-state index contributed by atoms with van der Waals surface area (Å²) >= 11 is 0. The van der Waals surface area contributed by atoms with Crippen LogP contribution in [0.4, 0.5) is 8.78 Å². The Kier molecular flexibility index (Phi) is 7.42. The summed E-state index contributed by atoms with van der Waals surface area (Å²) < 4.78 is 35.7. The minimum atomic E-state index is -0.615. The summed E-state index contributed by atoms with van der Waals surface area (Å²) in [7, 11) is 0. The highest BCUT2D eigenvalue weighted by Gasteiger charge is 2.20. The maximum atomic E-state index is 15.2. The highest BCUT2D eigenvalue weighted by molar-refractivity contribution is 5.96. The van der Waals surface area contributed by atoms with Gasteiger partial charge in [0.2, 0.25) is 5.91 Å². The van der Waals surface area contributed by atoms with Gasteiger partial charge in [0.15, 0.2) is 0 Å². The molecule has 38 heavy (non-hydrogen) atoms. The number of primary amides is 1. The number of fused-ring (bicyclic) bond motifs is 1. The van der Waals surface area contributed by atoms with Crippen molar-refractivity contribution in [3.05, 3.63) is 82.5 Å². The average molecular weight is 519 g/mol. The second-order valence-electron chi connectivity index (χ2n) is 9.34. The van der Waals surface area contributed by atoms with Crippen LogP contribution in [-0.4, -0.2) is 58.8 Å². The fourth-order valence-electron chi connectivity index (χ4n) is 4.99. The minimum Gasteiger partial charge on any atom is -0.396 e. The topological polar surface area (TPSA) is 102 Å². The van der Waals surface area contributed by atoms with Crippen molar-refractivity contribution in [2.24, 2.45) is 5.73 Å². The number of benzene rings is 3. The number of carbonyl (C=O) groups excluding carboxylic acids is 1. The Balaban J connectivity index is 1.59. The van der Waals surface area contributed by atoms with Crippen molar-refractivity contribution >= 4 is 16.9 Å². The van der Waals surface area contributed by atoms with Gasteiger partial charge in [0, 0.05) is 48.5 Å². The van der Waals surface area contributed by atoms with E-state index in [0.29, 0.717) is 77.3 Å². The SMILES string of the molecule is Cc1c(C(N)=O)ccc(-c2cnc3cccc(-c4cc(F)c(CN5CCOCC5)c(F)c4)c3n2)c1CCO. The largest absolute Gasteiger partial charge is 0.396 e. The highest BCUT2D eigenvalue weighted by Crippen LogP contribution is 2.33. The zero-order chi connectivity index (χ0) is 26.8. The molecule has 1 aliphatic rings. The lowest BCUT2D eigenvalue weighted by Crippen LogP contribution is -2.36. The van der Waals surface area contributed by atoms with E-state index < -0.39 is 17.5 Å². The standard InChI is InChI=1S/C29H28F2N4O3/c1-17-19(7-10-36)22(6-5-20(17)29(32)37)27-15-33-26-4-2-3-21(28(26)34-27)18-13-24(30)23(25(31)14-18)16-35-8-11-38-12-9-35/h2-6,13-15,36H,7-12,16H2,1H3,(H2,32,37). The van der Waals surface area contributed by atoms with E-state index in [9.17, 15) is 9.90 Å². The second-order valence-corrected chi connectivity index (χ2v) is 9.34. The first-order chi connectivity index (χ1) is 18.4. The molecule has 3 aromatic carbocycles. The molecule has 0 radical (unpaired) electrons. The van der Waals surface area contributed by atoms with Gasteiger partial charge in [0.1, 0.15) is 11.6 Å². The van der Waals surface area contributed by atoms with Crippen LogP contribution in [0, 0.1) is 18.6 Å². The van der Waals surface area contributed by atoms with E-state index >= 15 is 8.78 Å². The van der Waals surface area contributed by atoms with Crippen molar-refractivity contribution in [1.29, 1.82) is 0 Å². The quantitative estimate of drug-likeness (QED) is 0.383. The first kappa shape index (κ1) is 25.8. The smallest absolute Gasteiger partial charge is 0.248 e. The minimum absolute atomic E-state index is 0.0290. The van der Waals surface area contributed by atoms with Gasteiger partial charge in [-0.25, -0.2) is 13.8 Å². The molecule has 1 saturated heterocycles. The number of morpholine rings is 1.